The van der Waals surface area contributed by atoms with Crippen LogP contribution in [0.5, 0.6) is 0 Å². The molecule has 1 aromatic heterocycles. The second-order valence-corrected chi connectivity index (χ2v) is 3.96. The molecule has 0 saturated carbocycles. The molecule has 1 atom stereocenters. The van der Waals surface area contributed by atoms with E-state index in [0.717, 1.165) is 12.1 Å². The summed E-state index contributed by atoms with van der Waals surface area (Å²) in [5, 5.41) is 3.32. The van der Waals surface area contributed by atoms with Crippen molar-refractivity contribution in [3.63, 3.8) is 0 Å². The molecule has 0 saturated heterocycles. The summed E-state index contributed by atoms with van der Waals surface area (Å²) >= 11 is 0. The zero-order valence-electron chi connectivity index (χ0n) is 8.65. The first kappa shape index (κ1) is 9.33. The number of pyridine rings is 1. The Morgan fingerprint density at radius 3 is 2.94 bits per heavy atom. The van der Waals surface area contributed by atoms with Crippen LogP contribution in [0.15, 0.2) is 42.7 Å². The van der Waals surface area contributed by atoms with E-state index < -0.39 is 0 Å². The third-order valence-corrected chi connectivity index (χ3v) is 2.95. The predicted molar refractivity (Wildman–Crippen MR) is 60.7 cm³/mol. The van der Waals surface area contributed by atoms with Crippen LogP contribution in [0, 0.1) is 5.82 Å². The second kappa shape index (κ2) is 3.59. The minimum atomic E-state index is -0.243. The molecule has 1 N–H and O–H groups in total. The van der Waals surface area contributed by atoms with Crippen molar-refractivity contribution in [3.8, 4) is 0 Å². The van der Waals surface area contributed by atoms with Gasteiger partial charge in [-0.1, -0.05) is 18.2 Å². The monoisotopic (exact) mass is 214 g/mol. The van der Waals surface area contributed by atoms with Crippen molar-refractivity contribution in [3.05, 3.63) is 59.7 Å². The summed E-state index contributed by atoms with van der Waals surface area (Å²) in [5.74, 6) is -0.243. The van der Waals surface area contributed by atoms with Crippen LogP contribution < -0.4 is 5.32 Å². The third-order valence-electron chi connectivity index (χ3n) is 2.95. The largest absolute Gasteiger partial charge is 0.378 e. The average Bonchev–Trinajstić information content (AvgIpc) is 2.73. The van der Waals surface area contributed by atoms with E-state index in [0.29, 0.717) is 5.56 Å². The Labute approximate surface area is 93.1 Å². The zero-order chi connectivity index (χ0) is 11.0. The van der Waals surface area contributed by atoms with E-state index in [1.807, 2.05) is 18.2 Å². The Hall–Kier alpha value is -1.90. The van der Waals surface area contributed by atoms with Crippen molar-refractivity contribution in [2.24, 2.45) is 0 Å². The number of fused-ring (bicyclic) bond motifs is 1. The standard InChI is InChI=1S/C13H11FN2/c14-11-8-15-6-5-10(11)13-7-9-3-1-2-4-12(9)16-13/h1-6,8,13,16H,7H2. The maximum atomic E-state index is 13.6. The van der Waals surface area contributed by atoms with Gasteiger partial charge in [0.05, 0.1) is 12.2 Å². The van der Waals surface area contributed by atoms with Gasteiger partial charge in [0.15, 0.2) is 0 Å². The van der Waals surface area contributed by atoms with Crippen LogP contribution in [0.2, 0.25) is 0 Å². The molecular formula is C13H11FN2. The van der Waals surface area contributed by atoms with E-state index in [9.17, 15) is 4.39 Å². The molecule has 0 bridgehead atoms. The molecule has 1 aromatic carbocycles. The van der Waals surface area contributed by atoms with Crippen LogP contribution >= 0.6 is 0 Å². The SMILES string of the molecule is Fc1cnccc1C1Cc2ccccc2N1. The minimum Gasteiger partial charge on any atom is -0.378 e. The predicted octanol–water partition coefficient (Wildman–Crippen LogP) is 2.93. The van der Waals surface area contributed by atoms with E-state index >= 15 is 0 Å². The van der Waals surface area contributed by atoms with Gasteiger partial charge >= 0.3 is 0 Å². The van der Waals surface area contributed by atoms with Crippen LogP contribution in [0.25, 0.3) is 0 Å². The molecule has 1 unspecified atom stereocenters. The summed E-state index contributed by atoms with van der Waals surface area (Å²) in [5.41, 5.74) is 3.03. The fourth-order valence-electron chi connectivity index (χ4n) is 2.15. The molecule has 3 heteroatoms. The van der Waals surface area contributed by atoms with Crippen LogP contribution in [0.3, 0.4) is 0 Å². The van der Waals surface area contributed by atoms with Gasteiger partial charge in [-0.2, -0.15) is 0 Å². The molecule has 1 aliphatic rings. The molecule has 0 fully saturated rings. The van der Waals surface area contributed by atoms with Crippen LogP contribution in [0.4, 0.5) is 10.1 Å². The number of hydrogen-bond donors (Lipinski definition) is 1. The van der Waals surface area contributed by atoms with Gasteiger partial charge in [-0.15, -0.1) is 0 Å². The van der Waals surface area contributed by atoms with Crippen molar-refractivity contribution in [2.75, 3.05) is 5.32 Å². The fourth-order valence-corrected chi connectivity index (χ4v) is 2.15. The van der Waals surface area contributed by atoms with Gasteiger partial charge in [-0.25, -0.2) is 4.39 Å². The lowest BCUT2D eigenvalue weighted by Crippen LogP contribution is -2.08. The molecule has 16 heavy (non-hydrogen) atoms. The van der Waals surface area contributed by atoms with Crippen molar-refractivity contribution in [2.45, 2.75) is 12.5 Å². The van der Waals surface area contributed by atoms with Crippen molar-refractivity contribution in [1.82, 2.24) is 4.98 Å². The zero-order valence-corrected chi connectivity index (χ0v) is 8.65. The van der Waals surface area contributed by atoms with E-state index in [1.165, 1.54) is 11.8 Å². The topological polar surface area (TPSA) is 24.9 Å². The van der Waals surface area contributed by atoms with E-state index in [-0.39, 0.29) is 11.9 Å². The average molecular weight is 214 g/mol. The molecule has 0 aliphatic carbocycles. The maximum Gasteiger partial charge on any atom is 0.146 e. The van der Waals surface area contributed by atoms with Gasteiger partial charge in [-0.05, 0) is 24.1 Å². The van der Waals surface area contributed by atoms with Crippen LogP contribution in [0.1, 0.15) is 17.2 Å². The quantitative estimate of drug-likeness (QED) is 0.789. The smallest absolute Gasteiger partial charge is 0.146 e. The lowest BCUT2D eigenvalue weighted by atomic mass is 10.0. The van der Waals surface area contributed by atoms with Gasteiger partial charge in [-0.3, -0.25) is 4.98 Å². The number of benzene rings is 1. The van der Waals surface area contributed by atoms with E-state index in [2.05, 4.69) is 16.4 Å². The van der Waals surface area contributed by atoms with Crippen molar-refractivity contribution < 1.29 is 4.39 Å². The highest BCUT2D eigenvalue weighted by Crippen LogP contribution is 2.34. The molecule has 1 aliphatic heterocycles. The van der Waals surface area contributed by atoms with E-state index in [1.54, 1.807) is 12.3 Å². The van der Waals surface area contributed by atoms with Gasteiger partial charge in [0.2, 0.25) is 0 Å². The van der Waals surface area contributed by atoms with Gasteiger partial charge in [0.25, 0.3) is 0 Å². The number of halogens is 1. The van der Waals surface area contributed by atoms with Crippen LogP contribution in [-0.4, -0.2) is 4.98 Å². The summed E-state index contributed by atoms with van der Waals surface area (Å²) < 4.78 is 13.6. The Morgan fingerprint density at radius 1 is 1.25 bits per heavy atom. The molecule has 3 rings (SSSR count). The van der Waals surface area contributed by atoms with Crippen LogP contribution in [-0.2, 0) is 6.42 Å². The molecule has 0 spiro atoms. The molecule has 0 radical (unpaired) electrons. The summed E-state index contributed by atoms with van der Waals surface area (Å²) in [4.78, 5) is 3.76. The highest BCUT2D eigenvalue weighted by atomic mass is 19.1. The minimum absolute atomic E-state index is 0.0281. The first-order valence-electron chi connectivity index (χ1n) is 5.28. The number of aromatic nitrogens is 1. The number of hydrogen-bond acceptors (Lipinski definition) is 2. The Morgan fingerprint density at radius 2 is 2.12 bits per heavy atom. The van der Waals surface area contributed by atoms with Gasteiger partial charge in [0.1, 0.15) is 5.82 Å². The Bertz CT molecular complexity index is 500. The number of anilines is 1. The number of nitrogens with one attached hydrogen (secondary N) is 1. The summed E-state index contributed by atoms with van der Waals surface area (Å²) in [6.45, 7) is 0. The van der Waals surface area contributed by atoms with E-state index in [4.69, 9.17) is 0 Å². The molecule has 2 nitrogen and oxygen atoms in total. The molecule has 80 valence electrons. The first-order chi connectivity index (χ1) is 7.84. The Balaban J connectivity index is 1.95. The lowest BCUT2D eigenvalue weighted by Gasteiger charge is -2.11. The normalized spacial score (nSPS) is 17.9. The van der Waals surface area contributed by atoms with Crippen molar-refractivity contribution >= 4 is 5.69 Å². The van der Waals surface area contributed by atoms with Gasteiger partial charge in [0, 0.05) is 17.4 Å². The summed E-state index contributed by atoms with van der Waals surface area (Å²) in [7, 11) is 0. The summed E-state index contributed by atoms with van der Waals surface area (Å²) in [6.07, 6.45) is 3.72. The number of para-hydroxylation sites is 1. The Kier molecular flexibility index (Phi) is 2.10. The summed E-state index contributed by atoms with van der Waals surface area (Å²) in [6, 6.07) is 9.85. The highest BCUT2D eigenvalue weighted by Gasteiger charge is 2.23. The maximum absolute atomic E-state index is 13.6. The second-order valence-electron chi connectivity index (χ2n) is 3.96. The molecule has 2 aromatic rings. The molecule has 0 amide bonds. The lowest BCUT2D eigenvalue weighted by molar-refractivity contribution is 0.589. The fraction of sp³-hybridized carbons (Fsp3) is 0.154. The molecule has 2 heterocycles. The molecular weight excluding hydrogens is 203 g/mol. The van der Waals surface area contributed by atoms with Gasteiger partial charge < -0.3 is 5.32 Å². The van der Waals surface area contributed by atoms with Crippen molar-refractivity contribution in [1.29, 1.82) is 0 Å². The first-order valence-corrected chi connectivity index (χ1v) is 5.28. The third kappa shape index (κ3) is 1.45. The highest BCUT2D eigenvalue weighted by molar-refractivity contribution is 5.58. The number of rotatable bonds is 1. The number of nitrogens with zero attached hydrogens (tertiary/aromatic N) is 1.